The lowest BCUT2D eigenvalue weighted by Crippen LogP contribution is -2.43. The van der Waals surface area contributed by atoms with Crippen molar-refractivity contribution < 1.29 is 14.3 Å². The minimum atomic E-state index is -0.714. The standard InChI is InChI=1S/C16H25N5O3/c1-16(5-4-8-24-16)14(22)17-10-12-9-13-11-20(15(23)19(2)3)6-7-21(13)18-12/h9H,4-8,10-11H2,1-3H3,(H,17,22)/t16-/m1/s1. The van der Waals surface area contributed by atoms with Crippen LogP contribution in [0.5, 0.6) is 0 Å². The molecule has 3 heterocycles. The number of carbonyl (C=O) groups is 2. The number of rotatable bonds is 3. The normalized spacial score (nSPS) is 23.0. The molecule has 0 aliphatic carbocycles. The van der Waals surface area contributed by atoms with Gasteiger partial charge in [-0.2, -0.15) is 5.10 Å². The topological polar surface area (TPSA) is 79.7 Å². The number of ether oxygens (including phenoxy) is 1. The van der Waals surface area contributed by atoms with E-state index in [4.69, 9.17) is 4.74 Å². The smallest absolute Gasteiger partial charge is 0.319 e. The molecule has 0 radical (unpaired) electrons. The molecular weight excluding hydrogens is 310 g/mol. The number of aromatic nitrogens is 2. The highest BCUT2D eigenvalue weighted by atomic mass is 16.5. The van der Waals surface area contributed by atoms with Crippen molar-refractivity contribution in [2.45, 2.75) is 45.0 Å². The molecule has 0 aromatic carbocycles. The molecule has 1 aromatic heterocycles. The van der Waals surface area contributed by atoms with E-state index in [-0.39, 0.29) is 11.9 Å². The third kappa shape index (κ3) is 3.24. The van der Waals surface area contributed by atoms with Crippen molar-refractivity contribution >= 4 is 11.9 Å². The Kier molecular flexibility index (Phi) is 4.49. The second-order valence-electron chi connectivity index (χ2n) is 6.81. The fraction of sp³-hybridized carbons (Fsp3) is 0.688. The number of hydrogen-bond donors (Lipinski definition) is 1. The van der Waals surface area contributed by atoms with Crippen LogP contribution in [0.15, 0.2) is 6.07 Å². The van der Waals surface area contributed by atoms with E-state index in [1.807, 2.05) is 17.7 Å². The molecule has 0 spiro atoms. The number of nitrogens with zero attached hydrogens (tertiary/aromatic N) is 4. The first-order valence-electron chi connectivity index (χ1n) is 8.33. The first-order valence-corrected chi connectivity index (χ1v) is 8.33. The summed E-state index contributed by atoms with van der Waals surface area (Å²) in [6.45, 7) is 4.70. The highest BCUT2D eigenvalue weighted by Gasteiger charge is 2.37. The van der Waals surface area contributed by atoms with Gasteiger partial charge in [-0.05, 0) is 25.8 Å². The molecule has 0 unspecified atom stereocenters. The van der Waals surface area contributed by atoms with Crippen molar-refractivity contribution in [2.75, 3.05) is 27.2 Å². The monoisotopic (exact) mass is 335 g/mol. The summed E-state index contributed by atoms with van der Waals surface area (Å²) < 4.78 is 7.46. The summed E-state index contributed by atoms with van der Waals surface area (Å²) in [5.74, 6) is -0.0876. The van der Waals surface area contributed by atoms with Gasteiger partial charge < -0.3 is 19.9 Å². The molecule has 0 bridgehead atoms. The summed E-state index contributed by atoms with van der Waals surface area (Å²) in [5.41, 5.74) is 1.08. The zero-order valence-corrected chi connectivity index (χ0v) is 14.5. The van der Waals surface area contributed by atoms with Gasteiger partial charge >= 0.3 is 6.03 Å². The molecule has 2 aliphatic heterocycles. The number of carbonyl (C=O) groups excluding carboxylic acids is 2. The third-order valence-electron chi connectivity index (χ3n) is 4.63. The molecule has 3 amide bonds. The SMILES string of the molecule is CN(C)C(=O)N1CCn2nc(CNC(=O)[C@@]3(C)CCCO3)cc2C1. The fourth-order valence-electron chi connectivity index (χ4n) is 3.17. The maximum Gasteiger partial charge on any atom is 0.319 e. The Bertz CT molecular complexity index is 634. The number of hydrogen-bond acceptors (Lipinski definition) is 4. The van der Waals surface area contributed by atoms with E-state index in [1.165, 1.54) is 0 Å². The van der Waals surface area contributed by atoms with Crippen LogP contribution in [-0.4, -0.2) is 64.4 Å². The van der Waals surface area contributed by atoms with Crippen molar-refractivity contribution in [1.29, 1.82) is 0 Å². The van der Waals surface area contributed by atoms with E-state index in [2.05, 4.69) is 10.4 Å². The van der Waals surface area contributed by atoms with Gasteiger partial charge in [0.05, 0.1) is 31.0 Å². The molecule has 1 N–H and O–H groups in total. The van der Waals surface area contributed by atoms with Crippen molar-refractivity contribution in [3.05, 3.63) is 17.5 Å². The molecular formula is C16H25N5O3. The first kappa shape index (κ1) is 16.8. The van der Waals surface area contributed by atoms with E-state index in [0.29, 0.717) is 32.8 Å². The Hall–Kier alpha value is -2.09. The zero-order valence-electron chi connectivity index (χ0n) is 14.5. The Morgan fingerprint density at radius 2 is 2.21 bits per heavy atom. The molecule has 1 saturated heterocycles. The summed E-state index contributed by atoms with van der Waals surface area (Å²) in [6, 6.07) is 1.95. The minimum Gasteiger partial charge on any atom is -0.365 e. The average molecular weight is 335 g/mol. The molecule has 8 nitrogen and oxygen atoms in total. The predicted octanol–water partition coefficient (Wildman–Crippen LogP) is 0.566. The van der Waals surface area contributed by atoms with Crippen molar-refractivity contribution in [3.8, 4) is 0 Å². The van der Waals surface area contributed by atoms with Crippen LogP contribution < -0.4 is 5.32 Å². The molecule has 3 rings (SSSR count). The highest BCUT2D eigenvalue weighted by molar-refractivity contribution is 5.84. The summed E-state index contributed by atoms with van der Waals surface area (Å²) in [5, 5.41) is 7.43. The summed E-state index contributed by atoms with van der Waals surface area (Å²) in [7, 11) is 3.50. The Balaban J connectivity index is 1.60. The minimum absolute atomic E-state index is 0.00334. The van der Waals surface area contributed by atoms with Gasteiger partial charge in [-0.1, -0.05) is 0 Å². The second-order valence-corrected chi connectivity index (χ2v) is 6.81. The van der Waals surface area contributed by atoms with Gasteiger partial charge in [0.2, 0.25) is 0 Å². The Labute approximate surface area is 141 Å². The zero-order chi connectivity index (χ0) is 17.3. The lowest BCUT2D eigenvalue weighted by Gasteiger charge is -2.29. The van der Waals surface area contributed by atoms with Crippen LogP contribution >= 0.6 is 0 Å². The summed E-state index contributed by atoms with van der Waals surface area (Å²) >= 11 is 0. The predicted molar refractivity (Wildman–Crippen MR) is 87.2 cm³/mol. The van der Waals surface area contributed by atoms with Crippen LogP contribution in [0, 0.1) is 0 Å². The molecule has 132 valence electrons. The molecule has 24 heavy (non-hydrogen) atoms. The van der Waals surface area contributed by atoms with E-state index in [9.17, 15) is 9.59 Å². The van der Waals surface area contributed by atoms with Crippen molar-refractivity contribution in [3.63, 3.8) is 0 Å². The molecule has 1 fully saturated rings. The Morgan fingerprint density at radius 3 is 2.88 bits per heavy atom. The van der Waals surface area contributed by atoms with Crippen molar-refractivity contribution in [1.82, 2.24) is 24.9 Å². The average Bonchev–Trinajstić information content (AvgIpc) is 3.17. The van der Waals surface area contributed by atoms with Crippen LogP contribution in [-0.2, 0) is 29.2 Å². The maximum absolute atomic E-state index is 12.3. The van der Waals surface area contributed by atoms with Crippen LogP contribution in [0.2, 0.25) is 0 Å². The van der Waals surface area contributed by atoms with Gasteiger partial charge in [0, 0.05) is 27.2 Å². The molecule has 2 aliphatic rings. The number of urea groups is 1. The van der Waals surface area contributed by atoms with E-state index in [1.54, 1.807) is 23.9 Å². The Morgan fingerprint density at radius 1 is 1.42 bits per heavy atom. The van der Waals surface area contributed by atoms with E-state index >= 15 is 0 Å². The van der Waals surface area contributed by atoms with Gasteiger partial charge in [0.15, 0.2) is 0 Å². The van der Waals surface area contributed by atoms with Crippen LogP contribution in [0.1, 0.15) is 31.2 Å². The number of nitrogens with one attached hydrogen (secondary N) is 1. The highest BCUT2D eigenvalue weighted by Crippen LogP contribution is 2.25. The lowest BCUT2D eigenvalue weighted by atomic mass is 10.0. The van der Waals surface area contributed by atoms with Crippen LogP contribution in [0.25, 0.3) is 0 Å². The number of amides is 3. The maximum atomic E-state index is 12.3. The third-order valence-corrected chi connectivity index (χ3v) is 4.63. The van der Waals surface area contributed by atoms with Gasteiger partial charge in [-0.15, -0.1) is 0 Å². The lowest BCUT2D eigenvalue weighted by molar-refractivity contribution is -0.139. The first-order chi connectivity index (χ1) is 11.4. The molecule has 1 aromatic rings. The summed E-state index contributed by atoms with van der Waals surface area (Å²) in [6.07, 6.45) is 1.67. The quantitative estimate of drug-likeness (QED) is 0.876. The van der Waals surface area contributed by atoms with Crippen molar-refractivity contribution in [2.24, 2.45) is 0 Å². The molecule has 8 heteroatoms. The van der Waals surface area contributed by atoms with Crippen LogP contribution in [0.3, 0.4) is 0 Å². The van der Waals surface area contributed by atoms with Gasteiger partial charge in [-0.25, -0.2) is 4.79 Å². The van der Waals surface area contributed by atoms with Crippen LogP contribution in [0.4, 0.5) is 4.79 Å². The number of fused-ring (bicyclic) bond motifs is 1. The second kappa shape index (κ2) is 6.43. The van der Waals surface area contributed by atoms with Gasteiger partial charge in [0.1, 0.15) is 5.60 Å². The largest absolute Gasteiger partial charge is 0.365 e. The van der Waals surface area contributed by atoms with Gasteiger partial charge in [-0.3, -0.25) is 9.48 Å². The van der Waals surface area contributed by atoms with Gasteiger partial charge in [0.25, 0.3) is 5.91 Å². The summed E-state index contributed by atoms with van der Waals surface area (Å²) in [4.78, 5) is 27.7. The van der Waals surface area contributed by atoms with E-state index < -0.39 is 5.60 Å². The molecule has 0 saturated carbocycles. The molecule has 1 atom stereocenters. The fourth-order valence-corrected chi connectivity index (χ4v) is 3.17. The van der Waals surface area contributed by atoms with E-state index in [0.717, 1.165) is 24.2 Å².